The molecule has 1 heterocycles. The van der Waals surface area contributed by atoms with Crippen LogP contribution in [-0.4, -0.2) is 25.7 Å². The number of hydrogen-bond acceptors (Lipinski definition) is 2. The molecular formula is C14H21ClN2. The molecule has 0 saturated carbocycles. The predicted molar refractivity (Wildman–Crippen MR) is 75.1 cm³/mol. The number of nitrogens with one attached hydrogen (secondary N) is 1. The van der Waals surface area contributed by atoms with Crippen LogP contribution >= 0.6 is 11.6 Å². The lowest BCUT2D eigenvalue weighted by molar-refractivity contribution is 0.475. The van der Waals surface area contributed by atoms with Gasteiger partial charge in [-0.05, 0) is 50.9 Å². The van der Waals surface area contributed by atoms with Gasteiger partial charge in [0.15, 0.2) is 0 Å². The molecule has 0 amide bonds. The Hall–Kier alpha value is -0.730. The van der Waals surface area contributed by atoms with Gasteiger partial charge in [-0.25, -0.2) is 0 Å². The second-order valence-corrected chi connectivity index (χ2v) is 5.35. The van der Waals surface area contributed by atoms with Crippen LogP contribution < -0.4 is 10.2 Å². The summed E-state index contributed by atoms with van der Waals surface area (Å²) >= 11 is 6.10. The molecular weight excluding hydrogens is 232 g/mol. The Morgan fingerprint density at radius 1 is 1.35 bits per heavy atom. The summed E-state index contributed by atoms with van der Waals surface area (Å²) in [4.78, 5) is 2.47. The first-order valence-corrected chi connectivity index (χ1v) is 6.79. The van der Waals surface area contributed by atoms with Gasteiger partial charge < -0.3 is 10.2 Å². The molecule has 3 heteroatoms. The first-order chi connectivity index (χ1) is 8.16. The zero-order valence-corrected chi connectivity index (χ0v) is 11.4. The van der Waals surface area contributed by atoms with Crippen LogP contribution in [0, 0.1) is 6.92 Å². The second-order valence-electron chi connectivity index (χ2n) is 4.92. The molecule has 1 N–H and O–H groups in total. The smallest absolute Gasteiger partial charge is 0.0426 e. The van der Waals surface area contributed by atoms with E-state index in [0.717, 1.165) is 24.7 Å². The van der Waals surface area contributed by atoms with Crippen LogP contribution in [0.25, 0.3) is 0 Å². The van der Waals surface area contributed by atoms with Gasteiger partial charge in [0, 0.05) is 29.8 Å². The average molecular weight is 253 g/mol. The number of anilines is 1. The Labute approximate surface area is 109 Å². The van der Waals surface area contributed by atoms with Gasteiger partial charge in [-0.15, -0.1) is 0 Å². The van der Waals surface area contributed by atoms with Crippen LogP contribution in [0.15, 0.2) is 18.2 Å². The van der Waals surface area contributed by atoms with Crippen molar-refractivity contribution in [2.75, 3.05) is 24.5 Å². The Balaban J connectivity index is 2.16. The van der Waals surface area contributed by atoms with Crippen LogP contribution in [-0.2, 0) is 0 Å². The van der Waals surface area contributed by atoms with E-state index in [1.54, 1.807) is 0 Å². The summed E-state index contributed by atoms with van der Waals surface area (Å²) in [6.45, 7) is 7.74. The normalized spacial score (nSPS) is 22.1. The summed E-state index contributed by atoms with van der Waals surface area (Å²) < 4.78 is 0. The lowest BCUT2D eigenvalue weighted by Gasteiger charge is -2.30. The van der Waals surface area contributed by atoms with E-state index in [-0.39, 0.29) is 0 Å². The molecule has 0 spiro atoms. The third-order valence-corrected chi connectivity index (χ3v) is 3.68. The number of rotatable bonds is 1. The van der Waals surface area contributed by atoms with Crippen LogP contribution in [0.1, 0.15) is 25.3 Å². The van der Waals surface area contributed by atoms with Gasteiger partial charge in [0.1, 0.15) is 0 Å². The maximum atomic E-state index is 6.10. The number of aryl methyl sites for hydroxylation is 1. The largest absolute Gasteiger partial charge is 0.371 e. The molecule has 94 valence electrons. The lowest BCUT2D eigenvalue weighted by Crippen LogP contribution is -2.38. The fraction of sp³-hybridized carbons (Fsp3) is 0.571. The fourth-order valence-electron chi connectivity index (χ4n) is 2.35. The zero-order chi connectivity index (χ0) is 12.3. The van der Waals surface area contributed by atoms with Crippen LogP contribution in [0.4, 0.5) is 5.69 Å². The first kappa shape index (κ1) is 12.7. The van der Waals surface area contributed by atoms with Crippen molar-refractivity contribution >= 4 is 17.3 Å². The molecule has 0 aliphatic carbocycles. The summed E-state index contributed by atoms with van der Waals surface area (Å²) in [6.07, 6.45) is 2.38. The molecule has 1 unspecified atom stereocenters. The number of hydrogen-bond donors (Lipinski definition) is 1. The van der Waals surface area contributed by atoms with E-state index in [4.69, 9.17) is 11.6 Å². The van der Waals surface area contributed by atoms with Crippen molar-refractivity contribution in [2.24, 2.45) is 0 Å². The average Bonchev–Trinajstić information content (AvgIpc) is 2.28. The zero-order valence-electron chi connectivity index (χ0n) is 10.7. The Morgan fingerprint density at radius 2 is 2.18 bits per heavy atom. The Morgan fingerprint density at radius 3 is 3.00 bits per heavy atom. The molecule has 1 fully saturated rings. The van der Waals surface area contributed by atoms with Crippen molar-refractivity contribution in [3.63, 3.8) is 0 Å². The quantitative estimate of drug-likeness (QED) is 0.826. The minimum Gasteiger partial charge on any atom is -0.371 e. The van der Waals surface area contributed by atoms with E-state index in [1.165, 1.54) is 24.1 Å². The van der Waals surface area contributed by atoms with Gasteiger partial charge in [-0.1, -0.05) is 17.7 Å². The summed E-state index contributed by atoms with van der Waals surface area (Å²) in [5.74, 6) is 0. The molecule has 1 saturated heterocycles. The number of halogens is 1. The second kappa shape index (κ2) is 5.74. The summed E-state index contributed by atoms with van der Waals surface area (Å²) in [5, 5.41) is 4.36. The van der Waals surface area contributed by atoms with Crippen molar-refractivity contribution in [2.45, 2.75) is 32.7 Å². The maximum Gasteiger partial charge on any atom is 0.0426 e. The SMILES string of the molecule is Cc1ccc(Cl)cc1N1CCCNC(C)CC1. The van der Waals surface area contributed by atoms with E-state index in [2.05, 4.69) is 36.2 Å². The third-order valence-electron chi connectivity index (χ3n) is 3.44. The highest BCUT2D eigenvalue weighted by Crippen LogP contribution is 2.25. The highest BCUT2D eigenvalue weighted by molar-refractivity contribution is 6.30. The van der Waals surface area contributed by atoms with Gasteiger partial charge in [0.25, 0.3) is 0 Å². The maximum absolute atomic E-state index is 6.10. The van der Waals surface area contributed by atoms with E-state index in [1.807, 2.05) is 6.07 Å². The molecule has 0 aromatic heterocycles. The number of benzene rings is 1. The fourth-order valence-corrected chi connectivity index (χ4v) is 2.51. The molecule has 1 aliphatic rings. The molecule has 1 aromatic rings. The van der Waals surface area contributed by atoms with Crippen molar-refractivity contribution in [1.29, 1.82) is 0 Å². The Kier molecular flexibility index (Phi) is 4.30. The molecule has 0 bridgehead atoms. The minimum absolute atomic E-state index is 0.609. The van der Waals surface area contributed by atoms with Gasteiger partial charge in [0.05, 0.1) is 0 Å². The van der Waals surface area contributed by atoms with Gasteiger partial charge in [-0.3, -0.25) is 0 Å². The highest BCUT2D eigenvalue weighted by Gasteiger charge is 2.14. The van der Waals surface area contributed by atoms with Crippen LogP contribution in [0.2, 0.25) is 5.02 Å². The topological polar surface area (TPSA) is 15.3 Å². The van der Waals surface area contributed by atoms with Crippen molar-refractivity contribution in [3.05, 3.63) is 28.8 Å². The number of nitrogens with zero attached hydrogens (tertiary/aromatic N) is 1. The van der Waals surface area contributed by atoms with Gasteiger partial charge in [-0.2, -0.15) is 0 Å². The summed E-state index contributed by atoms with van der Waals surface area (Å²) in [7, 11) is 0. The monoisotopic (exact) mass is 252 g/mol. The molecule has 2 rings (SSSR count). The van der Waals surface area contributed by atoms with E-state index < -0.39 is 0 Å². The van der Waals surface area contributed by atoms with Crippen LogP contribution in [0.3, 0.4) is 0 Å². The summed E-state index contributed by atoms with van der Waals surface area (Å²) in [6, 6.07) is 6.78. The molecule has 17 heavy (non-hydrogen) atoms. The summed E-state index contributed by atoms with van der Waals surface area (Å²) in [5.41, 5.74) is 2.61. The van der Waals surface area contributed by atoms with Gasteiger partial charge in [0.2, 0.25) is 0 Å². The molecule has 1 aromatic carbocycles. The lowest BCUT2D eigenvalue weighted by atomic mass is 10.1. The molecule has 2 nitrogen and oxygen atoms in total. The third kappa shape index (κ3) is 3.36. The van der Waals surface area contributed by atoms with E-state index in [0.29, 0.717) is 6.04 Å². The van der Waals surface area contributed by atoms with Crippen LogP contribution in [0.5, 0.6) is 0 Å². The predicted octanol–water partition coefficient (Wildman–Crippen LogP) is 3.23. The highest BCUT2D eigenvalue weighted by atomic mass is 35.5. The van der Waals surface area contributed by atoms with E-state index >= 15 is 0 Å². The van der Waals surface area contributed by atoms with Crippen molar-refractivity contribution in [1.82, 2.24) is 5.32 Å². The van der Waals surface area contributed by atoms with Crippen molar-refractivity contribution < 1.29 is 0 Å². The van der Waals surface area contributed by atoms with E-state index in [9.17, 15) is 0 Å². The Bertz CT molecular complexity index is 378. The molecule has 0 radical (unpaired) electrons. The standard InChI is InChI=1S/C14H21ClN2/c1-11-4-5-13(15)10-14(11)17-8-3-7-16-12(2)6-9-17/h4-5,10,12,16H,3,6-9H2,1-2H3. The molecule has 1 aliphatic heterocycles. The van der Waals surface area contributed by atoms with Gasteiger partial charge >= 0.3 is 0 Å². The molecule has 1 atom stereocenters. The first-order valence-electron chi connectivity index (χ1n) is 6.41. The minimum atomic E-state index is 0.609. The van der Waals surface area contributed by atoms with Crippen molar-refractivity contribution in [3.8, 4) is 0 Å².